The molecule has 124 valence electrons. The topological polar surface area (TPSA) is 54.0 Å². The van der Waals surface area contributed by atoms with Crippen molar-refractivity contribution in [2.75, 3.05) is 40.4 Å². The summed E-state index contributed by atoms with van der Waals surface area (Å²) in [5.41, 5.74) is -0.114. The van der Waals surface area contributed by atoms with Gasteiger partial charge in [-0.1, -0.05) is 0 Å². The normalized spacial score (nSPS) is 18.0. The molecule has 0 amide bonds. The second kappa shape index (κ2) is 6.62. The summed E-state index contributed by atoms with van der Waals surface area (Å²) >= 11 is 0. The number of halogens is 3. The van der Waals surface area contributed by atoms with E-state index >= 15 is 0 Å². The summed E-state index contributed by atoms with van der Waals surface area (Å²) in [6, 6.07) is 0.484. The Bertz CT molecular complexity index is 492. The predicted octanol–water partition coefficient (Wildman–Crippen LogP) is 1.92. The second-order valence-corrected chi connectivity index (χ2v) is 4.99. The quantitative estimate of drug-likeness (QED) is 0.888. The number of benzene rings is 1. The van der Waals surface area contributed by atoms with Crippen LogP contribution in [0.5, 0.6) is 17.2 Å². The van der Waals surface area contributed by atoms with Crippen molar-refractivity contribution in [2.45, 2.75) is 12.2 Å². The Kier molecular flexibility index (Phi) is 5.02. The number of nitrogens with zero attached hydrogens (tertiary/aromatic N) is 1. The zero-order valence-corrected chi connectivity index (χ0v) is 12.4. The third-order valence-corrected chi connectivity index (χ3v) is 3.63. The minimum Gasteiger partial charge on any atom is -0.508 e. The number of methoxy groups -OCH3 is 2. The molecule has 5 nitrogen and oxygen atoms in total. The predicted molar refractivity (Wildman–Crippen MR) is 74.4 cm³/mol. The van der Waals surface area contributed by atoms with Crippen LogP contribution < -0.4 is 14.8 Å². The lowest BCUT2D eigenvalue weighted by Gasteiger charge is -2.37. The zero-order valence-electron chi connectivity index (χ0n) is 12.4. The molecule has 0 aliphatic carbocycles. The molecule has 22 heavy (non-hydrogen) atoms. The Labute approximate surface area is 126 Å². The molecule has 1 aliphatic heterocycles. The van der Waals surface area contributed by atoms with Gasteiger partial charge in [-0.2, -0.15) is 13.2 Å². The van der Waals surface area contributed by atoms with E-state index in [4.69, 9.17) is 9.47 Å². The Morgan fingerprint density at radius 3 is 2.05 bits per heavy atom. The van der Waals surface area contributed by atoms with E-state index in [1.807, 2.05) is 0 Å². The van der Waals surface area contributed by atoms with Crippen LogP contribution in [0.4, 0.5) is 13.2 Å². The zero-order chi connectivity index (χ0) is 16.3. The Hall–Kier alpha value is -1.67. The number of hydrogen-bond acceptors (Lipinski definition) is 5. The van der Waals surface area contributed by atoms with Crippen LogP contribution in [-0.2, 0) is 0 Å². The highest BCUT2D eigenvalue weighted by Gasteiger charge is 2.47. The first-order valence-corrected chi connectivity index (χ1v) is 6.85. The maximum atomic E-state index is 13.7. The molecule has 8 heteroatoms. The van der Waals surface area contributed by atoms with E-state index in [2.05, 4.69) is 5.32 Å². The van der Waals surface area contributed by atoms with Gasteiger partial charge in [-0.25, -0.2) is 0 Å². The van der Waals surface area contributed by atoms with Gasteiger partial charge in [0.1, 0.15) is 23.3 Å². The van der Waals surface area contributed by atoms with Gasteiger partial charge >= 0.3 is 6.18 Å². The largest absolute Gasteiger partial charge is 0.508 e. The van der Waals surface area contributed by atoms with Crippen molar-refractivity contribution in [3.8, 4) is 17.2 Å². The third-order valence-electron chi connectivity index (χ3n) is 3.63. The number of piperazine rings is 1. The van der Waals surface area contributed by atoms with Crippen molar-refractivity contribution >= 4 is 0 Å². The van der Waals surface area contributed by atoms with Gasteiger partial charge in [0, 0.05) is 38.3 Å². The molecule has 1 atom stereocenters. The monoisotopic (exact) mass is 320 g/mol. The van der Waals surface area contributed by atoms with Gasteiger partial charge in [0.2, 0.25) is 0 Å². The van der Waals surface area contributed by atoms with Crippen molar-refractivity contribution in [3.63, 3.8) is 0 Å². The van der Waals surface area contributed by atoms with Gasteiger partial charge in [-0.3, -0.25) is 4.90 Å². The molecule has 1 fully saturated rings. The van der Waals surface area contributed by atoms with Gasteiger partial charge in [-0.15, -0.1) is 0 Å². The fraction of sp³-hybridized carbons (Fsp3) is 0.571. The fourth-order valence-electron chi connectivity index (χ4n) is 2.69. The number of phenols is 1. The minimum atomic E-state index is -4.49. The van der Waals surface area contributed by atoms with Crippen LogP contribution in [0.1, 0.15) is 11.6 Å². The maximum Gasteiger partial charge on any atom is 0.408 e. The molecule has 1 aromatic carbocycles. The Balaban J connectivity index is 2.55. The van der Waals surface area contributed by atoms with Crippen molar-refractivity contribution in [1.29, 1.82) is 0 Å². The van der Waals surface area contributed by atoms with E-state index < -0.39 is 12.2 Å². The molecule has 0 aromatic heterocycles. The van der Waals surface area contributed by atoms with Crippen LogP contribution >= 0.6 is 0 Å². The van der Waals surface area contributed by atoms with Crippen molar-refractivity contribution in [1.82, 2.24) is 10.2 Å². The van der Waals surface area contributed by atoms with Crippen LogP contribution in [0.15, 0.2) is 12.1 Å². The van der Waals surface area contributed by atoms with Crippen LogP contribution in [0.25, 0.3) is 0 Å². The number of hydrogen-bond donors (Lipinski definition) is 2. The van der Waals surface area contributed by atoms with E-state index in [1.165, 1.54) is 31.3 Å². The molecule has 0 bridgehead atoms. The molecular weight excluding hydrogens is 301 g/mol. The maximum absolute atomic E-state index is 13.7. The number of ether oxygens (including phenoxy) is 2. The van der Waals surface area contributed by atoms with E-state index in [0.717, 1.165) is 0 Å². The summed E-state index contributed by atoms with van der Waals surface area (Å²) in [4.78, 5) is 1.34. The summed E-state index contributed by atoms with van der Waals surface area (Å²) < 4.78 is 51.2. The SMILES string of the molecule is COc1cc(O)cc(OC)c1[C@H](N1CCNCC1)C(F)(F)F. The van der Waals surface area contributed by atoms with E-state index in [1.54, 1.807) is 0 Å². The number of aromatic hydroxyl groups is 1. The molecule has 0 radical (unpaired) electrons. The van der Waals surface area contributed by atoms with Crippen molar-refractivity contribution in [2.24, 2.45) is 0 Å². The molecule has 1 saturated heterocycles. The highest BCUT2D eigenvalue weighted by Crippen LogP contribution is 2.47. The number of phenolic OH excluding ortho intramolecular Hbond substituents is 1. The lowest BCUT2D eigenvalue weighted by Crippen LogP contribution is -2.49. The molecule has 1 aliphatic rings. The summed E-state index contributed by atoms with van der Waals surface area (Å²) in [7, 11) is 2.53. The lowest BCUT2D eigenvalue weighted by molar-refractivity contribution is -0.188. The highest BCUT2D eigenvalue weighted by atomic mass is 19.4. The van der Waals surface area contributed by atoms with Crippen LogP contribution in [-0.4, -0.2) is 56.6 Å². The first-order chi connectivity index (χ1) is 10.4. The Morgan fingerprint density at radius 2 is 1.64 bits per heavy atom. The van der Waals surface area contributed by atoms with Crippen LogP contribution in [0.3, 0.4) is 0 Å². The van der Waals surface area contributed by atoms with Gasteiger partial charge in [0.15, 0.2) is 0 Å². The molecule has 1 aromatic rings. The minimum absolute atomic E-state index is 0.0438. The van der Waals surface area contributed by atoms with Gasteiger partial charge in [0.25, 0.3) is 0 Å². The molecule has 0 saturated carbocycles. The summed E-state index contributed by atoms with van der Waals surface area (Å²) in [5.74, 6) is -0.297. The van der Waals surface area contributed by atoms with Crippen LogP contribution in [0.2, 0.25) is 0 Å². The first kappa shape index (κ1) is 16.7. The molecule has 2 N–H and O–H groups in total. The van der Waals surface area contributed by atoms with E-state index in [0.29, 0.717) is 13.1 Å². The molecular formula is C14H19F3N2O3. The fourth-order valence-corrected chi connectivity index (χ4v) is 2.69. The number of rotatable bonds is 4. The van der Waals surface area contributed by atoms with Gasteiger partial charge in [-0.05, 0) is 0 Å². The number of nitrogens with one attached hydrogen (secondary N) is 1. The molecule has 2 rings (SSSR count). The standard InChI is InChI=1S/C14H19F3N2O3/c1-21-10-7-9(20)8-11(22-2)12(10)13(14(15,16)17)19-5-3-18-4-6-19/h7-8,13,18,20H,3-6H2,1-2H3/t13-/m0/s1. The van der Waals surface area contributed by atoms with Crippen LogP contribution in [0, 0.1) is 0 Å². The molecule has 1 heterocycles. The first-order valence-electron chi connectivity index (χ1n) is 6.85. The summed E-state index contributed by atoms with van der Waals surface area (Å²) in [6.07, 6.45) is -4.49. The van der Waals surface area contributed by atoms with E-state index in [-0.39, 0.29) is 35.9 Å². The third kappa shape index (κ3) is 3.38. The van der Waals surface area contributed by atoms with Gasteiger partial charge in [0.05, 0.1) is 19.8 Å². The van der Waals surface area contributed by atoms with Crippen molar-refractivity contribution in [3.05, 3.63) is 17.7 Å². The second-order valence-electron chi connectivity index (χ2n) is 4.99. The number of alkyl halides is 3. The summed E-state index contributed by atoms with van der Waals surface area (Å²) in [5, 5.41) is 12.6. The van der Waals surface area contributed by atoms with Crippen molar-refractivity contribution < 1.29 is 27.8 Å². The average Bonchev–Trinajstić information content (AvgIpc) is 2.48. The highest BCUT2D eigenvalue weighted by molar-refractivity contribution is 5.52. The summed E-state index contributed by atoms with van der Waals surface area (Å²) in [6.45, 7) is 1.49. The van der Waals surface area contributed by atoms with E-state index in [9.17, 15) is 18.3 Å². The molecule has 0 unspecified atom stereocenters. The average molecular weight is 320 g/mol. The molecule has 0 spiro atoms. The smallest absolute Gasteiger partial charge is 0.408 e. The Morgan fingerprint density at radius 1 is 1.14 bits per heavy atom. The van der Waals surface area contributed by atoms with Gasteiger partial charge < -0.3 is 19.9 Å². The lowest BCUT2D eigenvalue weighted by atomic mass is 10.0.